The van der Waals surface area contributed by atoms with Crippen LogP contribution in [0.5, 0.6) is 0 Å². The molecule has 6 rings (SSSR count). The van der Waals surface area contributed by atoms with Gasteiger partial charge in [0.05, 0.1) is 6.04 Å². The molecule has 0 bridgehead atoms. The lowest BCUT2D eigenvalue weighted by atomic mass is 9.89. The fourth-order valence-electron chi connectivity index (χ4n) is 5.53. The van der Waals surface area contributed by atoms with Crippen molar-refractivity contribution < 1.29 is 4.79 Å². The lowest BCUT2D eigenvalue weighted by molar-refractivity contribution is -0.126. The predicted molar refractivity (Wildman–Crippen MR) is 126 cm³/mol. The van der Waals surface area contributed by atoms with E-state index >= 15 is 0 Å². The van der Waals surface area contributed by atoms with Crippen LogP contribution in [0, 0.1) is 5.92 Å². The number of hydrogen-bond donors (Lipinski definition) is 2. The number of aromatic nitrogens is 1. The molecule has 5 nitrogen and oxygen atoms in total. The zero-order valence-corrected chi connectivity index (χ0v) is 17.9. The molecule has 2 N–H and O–H groups in total. The molecule has 2 aromatic carbocycles. The maximum atomic E-state index is 13.4. The largest absolute Gasteiger partial charge is 0.380 e. The van der Waals surface area contributed by atoms with Crippen LogP contribution in [0.25, 0.3) is 10.9 Å². The molecule has 2 unspecified atom stereocenters. The number of rotatable bonds is 5. The van der Waals surface area contributed by atoms with E-state index < -0.39 is 0 Å². The summed E-state index contributed by atoms with van der Waals surface area (Å²) in [6, 6.07) is 17.4. The molecule has 1 aromatic heterocycles. The van der Waals surface area contributed by atoms with Crippen molar-refractivity contribution in [2.75, 3.05) is 36.4 Å². The van der Waals surface area contributed by atoms with Gasteiger partial charge in [0, 0.05) is 66.6 Å². The third kappa shape index (κ3) is 3.51. The first-order chi connectivity index (χ1) is 15.3. The molecule has 3 heterocycles. The second kappa shape index (κ2) is 7.72. The van der Waals surface area contributed by atoms with E-state index in [0.717, 1.165) is 51.9 Å². The third-order valence-electron chi connectivity index (χ3n) is 7.36. The number of para-hydroxylation sites is 1. The van der Waals surface area contributed by atoms with Gasteiger partial charge < -0.3 is 15.2 Å². The molecular weight excluding hydrogens is 384 g/mol. The first-order valence-electron chi connectivity index (χ1n) is 11.7. The van der Waals surface area contributed by atoms with Crippen LogP contribution in [0.15, 0.2) is 54.7 Å². The summed E-state index contributed by atoms with van der Waals surface area (Å²) in [6.07, 6.45) is 6.25. The Morgan fingerprint density at radius 2 is 1.77 bits per heavy atom. The highest BCUT2D eigenvalue weighted by molar-refractivity contribution is 5.92. The summed E-state index contributed by atoms with van der Waals surface area (Å²) in [7, 11) is 0. The van der Waals surface area contributed by atoms with Gasteiger partial charge in [0.2, 0.25) is 0 Å². The molecule has 2 atom stereocenters. The van der Waals surface area contributed by atoms with Gasteiger partial charge in [0.15, 0.2) is 5.78 Å². The van der Waals surface area contributed by atoms with Crippen molar-refractivity contribution in [3.63, 3.8) is 0 Å². The fraction of sp³-hybridized carbons (Fsp3) is 0.423. The highest BCUT2D eigenvalue weighted by atomic mass is 16.1. The van der Waals surface area contributed by atoms with Crippen LogP contribution < -0.4 is 10.2 Å². The van der Waals surface area contributed by atoms with Crippen molar-refractivity contribution in [2.24, 2.45) is 5.92 Å². The van der Waals surface area contributed by atoms with E-state index in [2.05, 4.69) is 68.6 Å². The highest BCUT2D eigenvalue weighted by Crippen LogP contribution is 2.36. The zero-order valence-electron chi connectivity index (χ0n) is 17.9. The van der Waals surface area contributed by atoms with Crippen molar-refractivity contribution >= 4 is 28.1 Å². The molecule has 3 aliphatic rings. The molecule has 31 heavy (non-hydrogen) atoms. The van der Waals surface area contributed by atoms with Crippen LogP contribution in [-0.4, -0.2) is 53.9 Å². The number of benzene rings is 2. The minimum atomic E-state index is -0.00828. The van der Waals surface area contributed by atoms with Crippen molar-refractivity contribution in [1.29, 1.82) is 0 Å². The summed E-state index contributed by atoms with van der Waals surface area (Å²) in [4.78, 5) is 21.7. The highest BCUT2D eigenvalue weighted by Gasteiger charge is 2.43. The van der Waals surface area contributed by atoms with Crippen molar-refractivity contribution in [3.05, 3.63) is 60.3 Å². The Hall–Kier alpha value is -2.79. The maximum Gasteiger partial charge on any atom is 0.155 e. The van der Waals surface area contributed by atoms with Crippen LogP contribution >= 0.6 is 0 Å². The summed E-state index contributed by atoms with van der Waals surface area (Å²) in [5.41, 5.74) is 5.07. The third-order valence-corrected chi connectivity index (χ3v) is 7.36. The van der Waals surface area contributed by atoms with Gasteiger partial charge >= 0.3 is 0 Å². The average molecular weight is 415 g/mol. The second-order valence-electron chi connectivity index (χ2n) is 9.31. The number of Topliss-reactive ketones (excluding diaryl/α,β-unsaturated/α-hetero) is 1. The fourth-order valence-corrected chi connectivity index (χ4v) is 5.53. The smallest absolute Gasteiger partial charge is 0.155 e. The monoisotopic (exact) mass is 414 g/mol. The summed E-state index contributed by atoms with van der Waals surface area (Å²) in [5.74, 6) is 0.758. The summed E-state index contributed by atoms with van der Waals surface area (Å²) in [5, 5.41) is 5.03. The molecule has 0 amide bonds. The van der Waals surface area contributed by atoms with E-state index in [4.69, 9.17) is 0 Å². The Morgan fingerprint density at radius 3 is 2.61 bits per heavy atom. The number of aryl methyl sites for hydroxylation is 1. The van der Waals surface area contributed by atoms with Gasteiger partial charge in [-0.3, -0.25) is 9.69 Å². The summed E-state index contributed by atoms with van der Waals surface area (Å²) >= 11 is 0. The van der Waals surface area contributed by atoms with Crippen LogP contribution in [0.2, 0.25) is 0 Å². The molecule has 5 heteroatoms. The molecule has 0 spiro atoms. The Labute approximate surface area is 183 Å². The topological polar surface area (TPSA) is 51.4 Å². The number of hydrogen-bond acceptors (Lipinski definition) is 4. The van der Waals surface area contributed by atoms with Crippen LogP contribution in [0.3, 0.4) is 0 Å². The van der Waals surface area contributed by atoms with Gasteiger partial charge in [-0.15, -0.1) is 0 Å². The number of aromatic amines is 1. The molecule has 2 fully saturated rings. The maximum absolute atomic E-state index is 13.4. The van der Waals surface area contributed by atoms with E-state index in [1.165, 1.54) is 27.8 Å². The lowest BCUT2D eigenvalue weighted by Gasteiger charge is -2.44. The SMILES string of the molecule is O=C(C1CC1)C(C1CCc2ccccc2N1)N1CCN(c2cccc3[nH]ccc23)CC1. The molecule has 3 aromatic rings. The Bertz CT molecular complexity index is 1090. The number of H-pyrrole nitrogens is 1. The average Bonchev–Trinajstić information content (AvgIpc) is 3.56. The van der Waals surface area contributed by atoms with Crippen molar-refractivity contribution in [2.45, 2.75) is 37.8 Å². The number of carbonyl (C=O) groups is 1. The van der Waals surface area contributed by atoms with Crippen molar-refractivity contribution in [1.82, 2.24) is 9.88 Å². The standard InChI is InChI=1S/C26H30N4O/c31-26(19-8-9-19)25(23-11-10-18-4-1-2-5-21(18)28-23)30-16-14-29(15-17-30)24-7-3-6-22-20(24)12-13-27-22/h1-7,12-13,19,23,25,27-28H,8-11,14-17H2. The van der Waals surface area contributed by atoms with Crippen molar-refractivity contribution in [3.8, 4) is 0 Å². The first kappa shape index (κ1) is 18.9. The molecular formula is C26H30N4O. The van der Waals surface area contributed by atoms with Gasteiger partial charge in [-0.2, -0.15) is 0 Å². The minimum Gasteiger partial charge on any atom is -0.380 e. The molecule has 1 saturated heterocycles. The van der Waals surface area contributed by atoms with Gasteiger partial charge in [0.25, 0.3) is 0 Å². The summed E-state index contributed by atoms with van der Waals surface area (Å²) in [6.45, 7) is 3.79. The van der Waals surface area contributed by atoms with Crippen LogP contribution in [0.4, 0.5) is 11.4 Å². The Morgan fingerprint density at radius 1 is 0.935 bits per heavy atom. The normalized spacial score (nSPS) is 22.7. The summed E-state index contributed by atoms with van der Waals surface area (Å²) < 4.78 is 0. The number of nitrogens with one attached hydrogen (secondary N) is 2. The molecule has 160 valence electrons. The van der Waals surface area contributed by atoms with E-state index in [9.17, 15) is 4.79 Å². The number of nitrogens with zero attached hydrogens (tertiary/aromatic N) is 2. The van der Waals surface area contributed by atoms with Gasteiger partial charge in [-0.1, -0.05) is 24.3 Å². The Balaban J connectivity index is 1.21. The van der Waals surface area contributed by atoms with E-state index in [0.29, 0.717) is 5.78 Å². The van der Waals surface area contributed by atoms with Gasteiger partial charge in [-0.05, 0) is 55.5 Å². The number of ketones is 1. The van der Waals surface area contributed by atoms with E-state index in [-0.39, 0.29) is 18.0 Å². The van der Waals surface area contributed by atoms with Gasteiger partial charge in [0.1, 0.15) is 0 Å². The molecule has 1 saturated carbocycles. The minimum absolute atomic E-state index is 0.00828. The number of fused-ring (bicyclic) bond motifs is 2. The zero-order chi connectivity index (χ0) is 20.8. The number of anilines is 2. The predicted octanol–water partition coefficient (Wildman–Crippen LogP) is 4.06. The first-order valence-corrected chi connectivity index (χ1v) is 11.7. The number of carbonyl (C=O) groups excluding carboxylic acids is 1. The molecule has 0 radical (unpaired) electrons. The number of piperazine rings is 1. The second-order valence-corrected chi connectivity index (χ2v) is 9.31. The lowest BCUT2D eigenvalue weighted by Crippen LogP contribution is -2.59. The van der Waals surface area contributed by atoms with Crippen LogP contribution in [-0.2, 0) is 11.2 Å². The van der Waals surface area contributed by atoms with E-state index in [1.807, 2.05) is 6.20 Å². The molecule has 1 aliphatic carbocycles. The van der Waals surface area contributed by atoms with E-state index in [1.54, 1.807) is 0 Å². The van der Waals surface area contributed by atoms with Gasteiger partial charge in [-0.25, -0.2) is 0 Å². The molecule has 2 aliphatic heterocycles. The quantitative estimate of drug-likeness (QED) is 0.661. The Kier molecular flexibility index (Phi) is 4.72. The van der Waals surface area contributed by atoms with Crippen LogP contribution in [0.1, 0.15) is 24.8 Å².